The number of fused-ring (bicyclic) bond motifs is 12. The van der Waals surface area contributed by atoms with E-state index in [1.807, 2.05) is 121 Å². The van der Waals surface area contributed by atoms with Crippen molar-refractivity contribution in [1.29, 1.82) is 0 Å². The molecule has 2 heterocycles. The van der Waals surface area contributed by atoms with Gasteiger partial charge in [-0.25, -0.2) is 0 Å². The zero-order chi connectivity index (χ0) is 42.3. The van der Waals surface area contributed by atoms with Gasteiger partial charge in [0.05, 0.1) is 11.0 Å². The van der Waals surface area contributed by atoms with Crippen molar-refractivity contribution in [3.63, 3.8) is 0 Å². The van der Waals surface area contributed by atoms with E-state index in [1.54, 1.807) is 6.07 Å². The van der Waals surface area contributed by atoms with Crippen LogP contribution in [0.15, 0.2) is 191 Å². The number of para-hydroxylation sites is 1. The standard InChI is InChI=1S/C52H30O2/c1-2-13-31(14-3-1)33-22-12-23-35-34-15-4-5-16-36(34)43(30-42(33)35)50-39-19-8-6-17-37(39)49(38-18-7-9-20-40(38)50)32-25-26-46-44(29-32)52-48(54-46)28-27-47-51(52)41-21-10-11-24-45(41)53-47/h1-30H/i6D,7D,8D,9D,17D,18D,19D,20D. The van der Waals surface area contributed by atoms with Gasteiger partial charge in [0.25, 0.3) is 0 Å². The van der Waals surface area contributed by atoms with Gasteiger partial charge < -0.3 is 8.83 Å². The summed E-state index contributed by atoms with van der Waals surface area (Å²) in [4.78, 5) is 0. The van der Waals surface area contributed by atoms with Crippen LogP contribution in [0.2, 0.25) is 0 Å². The quantitative estimate of drug-likeness (QED) is 0.136. The SMILES string of the molecule is [2H]c1c([2H])c([2H])c2c(-c3cc4c(-c5ccccc5)cccc4c4ccccc34)c3c([2H])c([2H])c([2H])c([2H])c3c(-c3ccc4oc5ccc6oc7ccccc7c6c5c4c3)c2c1[2H]. The number of furan rings is 2. The fourth-order valence-electron chi connectivity index (χ4n) is 8.63. The molecule has 0 fully saturated rings. The van der Waals surface area contributed by atoms with Crippen LogP contribution in [0.4, 0.5) is 0 Å². The molecule has 0 N–H and O–H groups in total. The summed E-state index contributed by atoms with van der Waals surface area (Å²) in [7, 11) is 0. The average molecular weight is 695 g/mol. The predicted octanol–water partition coefficient (Wildman–Crippen LogP) is 15.1. The lowest BCUT2D eigenvalue weighted by Gasteiger charge is -2.20. The molecule has 0 aliphatic heterocycles. The van der Waals surface area contributed by atoms with E-state index in [1.165, 1.54) is 0 Å². The first-order valence-corrected chi connectivity index (χ1v) is 17.9. The Labute approximate surface area is 321 Å². The van der Waals surface area contributed by atoms with Gasteiger partial charge in [0, 0.05) is 21.5 Å². The first kappa shape index (κ1) is 22.7. The first-order valence-electron chi connectivity index (χ1n) is 21.9. The molecule has 0 radical (unpaired) electrons. The number of hydrogen-bond donors (Lipinski definition) is 0. The third-order valence-corrected chi connectivity index (χ3v) is 10.9. The van der Waals surface area contributed by atoms with E-state index in [9.17, 15) is 5.48 Å². The Balaban J connectivity index is 1.30. The maximum atomic E-state index is 9.67. The average Bonchev–Trinajstić information content (AvgIpc) is 3.88. The van der Waals surface area contributed by atoms with Crippen LogP contribution in [0.3, 0.4) is 0 Å². The highest BCUT2D eigenvalue weighted by atomic mass is 16.3. The fourth-order valence-corrected chi connectivity index (χ4v) is 8.63. The van der Waals surface area contributed by atoms with Crippen LogP contribution in [0, 0.1) is 0 Å². The number of rotatable bonds is 3. The lowest BCUT2D eigenvalue weighted by atomic mass is 9.83. The van der Waals surface area contributed by atoms with E-state index in [0.717, 1.165) is 59.8 Å². The predicted molar refractivity (Wildman–Crippen MR) is 227 cm³/mol. The maximum Gasteiger partial charge on any atom is 0.136 e. The topological polar surface area (TPSA) is 26.3 Å². The number of hydrogen-bond acceptors (Lipinski definition) is 2. The largest absolute Gasteiger partial charge is 0.456 e. The lowest BCUT2D eigenvalue weighted by Crippen LogP contribution is -1.93. The van der Waals surface area contributed by atoms with Gasteiger partial charge in [-0.2, -0.15) is 0 Å². The third kappa shape index (κ3) is 4.11. The molecular weight excluding hydrogens is 657 g/mol. The smallest absolute Gasteiger partial charge is 0.136 e. The molecular formula is C52H30O2. The first-order chi connectivity index (χ1) is 30.1. The summed E-state index contributed by atoms with van der Waals surface area (Å²) in [6.45, 7) is 0. The highest BCUT2D eigenvalue weighted by Crippen LogP contribution is 2.48. The van der Waals surface area contributed by atoms with Gasteiger partial charge in [-0.1, -0.05) is 145 Å². The van der Waals surface area contributed by atoms with Gasteiger partial charge in [-0.15, -0.1) is 0 Å². The molecule has 10 aromatic carbocycles. The monoisotopic (exact) mass is 694 g/mol. The molecule has 0 amide bonds. The summed E-state index contributed by atoms with van der Waals surface area (Å²) < 4.78 is 87.5. The maximum absolute atomic E-state index is 9.67. The van der Waals surface area contributed by atoms with Gasteiger partial charge in [-0.05, 0) is 113 Å². The summed E-state index contributed by atoms with van der Waals surface area (Å²) in [6.07, 6.45) is 0. The van der Waals surface area contributed by atoms with Gasteiger partial charge in [0.15, 0.2) is 0 Å². The van der Waals surface area contributed by atoms with Crippen LogP contribution in [0.5, 0.6) is 0 Å². The van der Waals surface area contributed by atoms with E-state index in [2.05, 4.69) is 6.07 Å². The lowest BCUT2D eigenvalue weighted by molar-refractivity contribution is 0.663. The molecule has 0 aliphatic carbocycles. The molecule has 0 saturated heterocycles. The molecule has 0 aliphatic rings. The van der Waals surface area contributed by atoms with Crippen molar-refractivity contribution >= 4 is 87.0 Å². The van der Waals surface area contributed by atoms with Crippen molar-refractivity contribution in [3.05, 3.63) is 182 Å². The van der Waals surface area contributed by atoms with Crippen molar-refractivity contribution in [2.75, 3.05) is 0 Å². The van der Waals surface area contributed by atoms with Crippen LogP contribution in [0.25, 0.3) is 120 Å². The second-order valence-electron chi connectivity index (χ2n) is 13.7. The Hall–Kier alpha value is -7.16. The Morgan fingerprint density at radius 1 is 0.315 bits per heavy atom. The molecule has 54 heavy (non-hydrogen) atoms. The van der Waals surface area contributed by atoms with Crippen molar-refractivity contribution in [1.82, 2.24) is 0 Å². The number of benzene rings is 10. The Kier molecular flexibility index (Phi) is 4.70. The summed E-state index contributed by atoms with van der Waals surface area (Å²) in [6, 6.07) is 39.9. The molecule has 2 heteroatoms. The van der Waals surface area contributed by atoms with Crippen molar-refractivity contribution < 1.29 is 19.8 Å². The molecule has 0 unspecified atom stereocenters. The van der Waals surface area contributed by atoms with Crippen LogP contribution >= 0.6 is 0 Å². The second-order valence-corrected chi connectivity index (χ2v) is 13.7. The molecule has 0 saturated carbocycles. The molecule has 12 aromatic rings. The van der Waals surface area contributed by atoms with Gasteiger partial charge in [-0.3, -0.25) is 0 Å². The zero-order valence-electron chi connectivity index (χ0n) is 36.5. The molecule has 250 valence electrons. The van der Waals surface area contributed by atoms with Gasteiger partial charge in [0.1, 0.15) is 22.3 Å². The van der Waals surface area contributed by atoms with E-state index in [0.29, 0.717) is 33.4 Å². The molecule has 2 nitrogen and oxygen atoms in total. The van der Waals surface area contributed by atoms with Crippen LogP contribution in [-0.2, 0) is 0 Å². The Bertz CT molecular complexity index is 3880. The van der Waals surface area contributed by atoms with Crippen molar-refractivity contribution in [2.45, 2.75) is 0 Å². The Morgan fingerprint density at radius 3 is 1.57 bits per heavy atom. The molecule has 2 aromatic heterocycles. The highest BCUT2D eigenvalue weighted by Gasteiger charge is 2.22. The van der Waals surface area contributed by atoms with Crippen LogP contribution < -0.4 is 0 Å². The minimum atomic E-state index is -0.453. The van der Waals surface area contributed by atoms with E-state index in [-0.39, 0.29) is 51.3 Å². The minimum absolute atomic E-state index is 0.148. The van der Waals surface area contributed by atoms with Crippen molar-refractivity contribution in [3.8, 4) is 33.4 Å². The summed E-state index contributed by atoms with van der Waals surface area (Å²) in [5.41, 5.74) is 6.19. The van der Waals surface area contributed by atoms with E-state index >= 15 is 0 Å². The molecule has 12 rings (SSSR count). The molecule has 0 spiro atoms. The summed E-state index contributed by atoms with van der Waals surface area (Å²) in [5, 5.41) is 7.41. The zero-order valence-corrected chi connectivity index (χ0v) is 28.5. The normalized spacial score (nSPS) is 14.1. The Morgan fingerprint density at radius 2 is 0.852 bits per heavy atom. The van der Waals surface area contributed by atoms with E-state index < -0.39 is 24.2 Å². The minimum Gasteiger partial charge on any atom is -0.456 e. The van der Waals surface area contributed by atoms with Crippen LogP contribution in [0.1, 0.15) is 11.0 Å². The summed E-state index contributed by atoms with van der Waals surface area (Å²) >= 11 is 0. The summed E-state index contributed by atoms with van der Waals surface area (Å²) in [5.74, 6) is 0. The molecule has 0 atom stereocenters. The van der Waals surface area contributed by atoms with Gasteiger partial charge >= 0.3 is 0 Å². The fraction of sp³-hybridized carbons (Fsp3) is 0. The highest BCUT2D eigenvalue weighted by molar-refractivity contribution is 6.29. The van der Waals surface area contributed by atoms with E-state index in [4.69, 9.17) is 14.3 Å². The molecule has 0 bridgehead atoms. The third-order valence-electron chi connectivity index (χ3n) is 10.9. The van der Waals surface area contributed by atoms with Crippen LogP contribution in [-0.4, -0.2) is 0 Å². The second kappa shape index (κ2) is 11.2. The van der Waals surface area contributed by atoms with Crippen molar-refractivity contribution in [2.24, 2.45) is 0 Å². The van der Waals surface area contributed by atoms with Gasteiger partial charge in [0.2, 0.25) is 0 Å².